The van der Waals surface area contributed by atoms with Gasteiger partial charge in [0.15, 0.2) is 5.96 Å². The molecule has 2 N–H and O–H groups in total. The fourth-order valence-electron chi connectivity index (χ4n) is 1.54. The van der Waals surface area contributed by atoms with Crippen LogP contribution in [-0.2, 0) is 0 Å². The van der Waals surface area contributed by atoms with Crippen LogP contribution in [0, 0.1) is 0 Å². The lowest BCUT2D eigenvalue weighted by molar-refractivity contribution is 0.328. The summed E-state index contributed by atoms with van der Waals surface area (Å²) in [5, 5.41) is 7.15. The topological polar surface area (TPSA) is 45.7 Å². The smallest absolute Gasteiger partial charge is 0.191 e. The predicted octanol–water partition coefficient (Wildman–Crippen LogP) is 3.07. The van der Waals surface area contributed by atoms with Crippen molar-refractivity contribution in [3.63, 3.8) is 0 Å². The van der Waals surface area contributed by atoms with Gasteiger partial charge in [-0.15, -0.1) is 0 Å². The van der Waals surface area contributed by atoms with Gasteiger partial charge in [-0.3, -0.25) is 0 Å². The first-order valence-electron chi connectivity index (χ1n) is 6.86. The van der Waals surface area contributed by atoms with Crippen LogP contribution in [0.25, 0.3) is 0 Å². The Balaban J connectivity index is 2.46. The van der Waals surface area contributed by atoms with Crippen LogP contribution in [0.15, 0.2) is 29.3 Å². The number of hydrogen-bond acceptors (Lipinski definition) is 2. The summed E-state index contributed by atoms with van der Waals surface area (Å²) in [6.45, 7) is 10.2. The van der Waals surface area contributed by atoms with Crippen molar-refractivity contribution >= 4 is 17.6 Å². The van der Waals surface area contributed by atoms with Crippen LogP contribution in [0.2, 0.25) is 5.02 Å². The number of guanidine groups is 1. The van der Waals surface area contributed by atoms with Gasteiger partial charge >= 0.3 is 0 Å². The lowest BCUT2D eigenvalue weighted by Crippen LogP contribution is -2.47. The molecular formula is C15H24ClN3O. The molecule has 1 rings (SSSR count). The Hall–Kier alpha value is -1.42. The molecule has 1 aromatic carbocycles. The molecule has 0 aliphatic carbocycles. The van der Waals surface area contributed by atoms with Gasteiger partial charge in [-0.25, -0.2) is 4.99 Å². The molecule has 0 aromatic heterocycles. The zero-order valence-corrected chi connectivity index (χ0v) is 13.4. The van der Waals surface area contributed by atoms with E-state index < -0.39 is 0 Å². The molecule has 0 spiro atoms. The van der Waals surface area contributed by atoms with Crippen molar-refractivity contribution in [1.29, 1.82) is 0 Å². The fourth-order valence-corrected chi connectivity index (χ4v) is 1.73. The molecule has 0 fully saturated rings. The first kappa shape index (κ1) is 16.6. The van der Waals surface area contributed by atoms with E-state index in [2.05, 4.69) is 36.4 Å². The minimum Gasteiger partial charge on any atom is -0.490 e. The number of halogens is 1. The van der Waals surface area contributed by atoms with Gasteiger partial charge in [-0.2, -0.15) is 0 Å². The molecule has 0 atom stereocenters. The van der Waals surface area contributed by atoms with Gasteiger partial charge in [0, 0.05) is 12.1 Å². The highest BCUT2D eigenvalue weighted by molar-refractivity contribution is 6.32. The van der Waals surface area contributed by atoms with E-state index in [4.69, 9.17) is 16.3 Å². The molecule has 0 aliphatic heterocycles. The van der Waals surface area contributed by atoms with E-state index in [9.17, 15) is 0 Å². The highest BCUT2D eigenvalue weighted by atomic mass is 35.5. The van der Waals surface area contributed by atoms with Crippen LogP contribution in [0.5, 0.6) is 5.75 Å². The standard InChI is InChI=1S/C15H24ClN3O/c1-5-17-14(19-15(2,3)4)18-10-11-20-13-9-7-6-8-12(13)16/h6-9H,5,10-11H2,1-4H3,(H2,17,18,19). The minimum absolute atomic E-state index is 0.0232. The zero-order valence-electron chi connectivity index (χ0n) is 12.7. The summed E-state index contributed by atoms with van der Waals surface area (Å²) in [5.41, 5.74) is -0.0232. The molecule has 0 radical (unpaired) electrons. The van der Waals surface area contributed by atoms with Crippen molar-refractivity contribution in [3.8, 4) is 5.75 Å². The Bertz CT molecular complexity index is 441. The third kappa shape index (κ3) is 6.66. The third-order valence-electron chi connectivity index (χ3n) is 2.29. The number of para-hydroxylation sites is 1. The van der Waals surface area contributed by atoms with Gasteiger partial charge < -0.3 is 15.4 Å². The maximum Gasteiger partial charge on any atom is 0.191 e. The maximum atomic E-state index is 6.02. The van der Waals surface area contributed by atoms with Gasteiger partial charge in [0.2, 0.25) is 0 Å². The summed E-state index contributed by atoms with van der Waals surface area (Å²) in [5.74, 6) is 1.49. The normalized spacial score (nSPS) is 12.2. The van der Waals surface area contributed by atoms with E-state index in [1.54, 1.807) is 0 Å². The molecule has 0 heterocycles. The molecule has 0 saturated carbocycles. The lowest BCUT2D eigenvalue weighted by Gasteiger charge is -2.23. The number of ether oxygens (including phenoxy) is 1. The Morgan fingerprint density at radius 2 is 2.00 bits per heavy atom. The molecule has 1 aromatic rings. The summed E-state index contributed by atoms with van der Waals surface area (Å²) in [7, 11) is 0. The molecular weight excluding hydrogens is 274 g/mol. The second kappa shape index (κ2) is 8.00. The van der Waals surface area contributed by atoms with E-state index in [1.807, 2.05) is 31.2 Å². The van der Waals surface area contributed by atoms with E-state index in [1.165, 1.54) is 0 Å². The van der Waals surface area contributed by atoms with E-state index in [-0.39, 0.29) is 5.54 Å². The van der Waals surface area contributed by atoms with Crippen LogP contribution in [-0.4, -0.2) is 31.2 Å². The lowest BCUT2D eigenvalue weighted by atomic mass is 10.1. The summed E-state index contributed by atoms with van der Waals surface area (Å²) < 4.78 is 5.60. The maximum absolute atomic E-state index is 6.02. The number of rotatable bonds is 5. The monoisotopic (exact) mass is 297 g/mol. The van der Waals surface area contributed by atoms with Gasteiger partial charge in [0.05, 0.1) is 11.6 Å². The molecule has 0 unspecified atom stereocenters. The van der Waals surface area contributed by atoms with Crippen LogP contribution < -0.4 is 15.4 Å². The van der Waals surface area contributed by atoms with Crippen LogP contribution in [0.4, 0.5) is 0 Å². The highest BCUT2D eigenvalue weighted by Gasteiger charge is 2.11. The average Bonchev–Trinajstić information content (AvgIpc) is 2.35. The first-order valence-corrected chi connectivity index (χ1v) is 7.24. The molecule has 112 valence electrons. The molecule has 0 saturated heterocycles. The number of nitrogens with zero attached hydrogens (tertiary/aromatic N) is 1. The average molecular weight is 298 g/mol. The van der Waals surface area contributed by atoms with Crippen molar-refractivity contribution in [3.05, 3.63) is 29.3 Å². The van der Waals surface area contributed by atoms with Gasteiger partial charge in [0.1, 0.15) is 12.4 Å². The van der Waals surface area contributed by atoms with E-state index in [0.717, 1.165) is 12.5 Å². The van der Waals surface area contributed by atoms with Crippen molar-refractivity contribution in [2.45, 2.75) is 33.2 Å². The Morgan fingerprint density at radius 3 is 2.60 bits per heavy atom. The number of aliphatic imine (C=N–C) groups is 1. The summed E-state index contributed by atoms with van der Waals surface area (Å²) >= 11 is 6.02. The molecule has 5 heteroatoms. The number of nitrogens with one attached hydrogen (secondary N) is 2. The van der Waals surface area contributed by atoms with Crippen LogP contribution in [0.3, 0.4) is 0 Å². The zero-order chi connectivity index (χ0) is 15.0. The number of benzene rings is 1. The van der Waals surface area contributed by atoms with Gasteiger partial charge in [-0.1, -0.05) is 23.7 Å². The molecule has 0 amide bonds. The summed E-state index contributed by atoms with van der Waals surface area (Å²) in [6, 6.07) is 7.44. The largest absolute Gasteiger partial charge is 0.490 e. The Kier molecular flexibility index (Phi) is 6.65. The van der Waals surface area contributed by atoms with E-state index >= 15 is 0 Å². The van der Waals surface area contributed by atoms with Crippen molar-refractivity contribution in [2.75, 3.05) is 19.7 Å². The van der Waals surface area contributed by atoms with Crippen molar-refractivity contribution in [1.82, 2.24) is 10.6 Å². The number of hydrogen-bond donors (Lipinski definition) is 2. The minimum atomic E-state index is -0.0232. The Labute approximate surface area is 126 Å². The summed E-state index contributed by atoms with van der Waals surface area (Å²) in [6.07, 6.45) is 0. The fraction of sp³-hybridized carbons (Fsp3) is 0.533. The predicted molar refractivity (Wildman–Crippen MR) is 85.8 cm³/mol. The van der Waals surface area contributed by atoms with Gasteiger partial charge in [0.25, 0.3) is 0 Å². The summed E-state index contributed by atoms with van der Waals surface area (Å²) in [4.78, 5) is 4.47. The van der Waals surface area contributed by atoms with Crippen molar-refractivity contribution in [2.24, 2.45) is 4.99 Å². The quantitative estimate of drug-likeness (QED) is 0.499. The van der Waals surface area contributed by atoms with Crippen LogP contribution >= 0.6 is 11.6 Å². The van der Waals surface area contributed by atoms with Gasteiger partial charge in [-0.05, 0) is 39.8 Å². The molecule has 4 nitrogen and oxygen atoms in total. The molecule has 20 heavy (non-hydrogen) atoms. The van der Waals surface area contributed by atoms with E-state index in [0.29, 0.717) is 23.9 Å². The molecule has 0 bridgehead atoms. The third-order valence-corrected chi connectivity index (χ3v) is 2.61. The highest BCUT2D eigenvalue weighted by Crippen LogP contribution is 2.22. The SMILES string of the molecule is CCNC(=NCCOc1ccccc1Cl)NC(C)(C)C. The van der Waals surface area contributed by atoms with Crippen molar-refractivity contribution < 1.29 is 4.74 Å². The Morgan fingerprint density at radius 1 is 1.30 bits per heavy atom. The van der Waals surface area contributed by atoms with Crippen LogP contribution in [0.1, 0.15) is 27.7 Å². The second-order valence-electron chi connectivity index (χ2n) is 5.41. The second-order valence-corrected chi connectivity index (χ2v) is 5.82. The first-order chi connectivity index (χ1) is 9.42. The molecule has 0 aliphatic rings.